The van der Waals surface area contributed by atoms with Crippen molar-refractivity contribution in [3.8, 4) is 0 Å². The first kappa shape index (κ1) is 20.4. The lowest BCUT2D eigenvalue weighted by atomic mass is 9.44. The van der Waals surface area contributed by atoms with Gasteiger partial charge in [-0.2, -0.15) is 0 Å². The van der Waals surface area contributed by atoms with Crippen LogP contribution in [0.3, 0.4) is 0 Å². The smallest absolute Gasteiger partial charge is 0.305 e. The average Bonchev–Trinajstić information content (AvgIpc) is 3.03. The van der Waals surface area contributed by atoms with Gasteiger partial charge in [-0.05, 0) is 85.4 Å². The minimum absolute atomic E-state index is 0.0793. The van der Waals surface area contributed by atoms with Gasteiger partial charge in [0.15, 0.2) is 0 Å². The van der Waals surface area contributed by atoms with E-state index in [0.717, 1.165) is 25.2 Å². The molecule has 0 aliphatic heterocycles. The van der Waals surface area contributed by atoms with Crippen LogP contribution in [0.4, 0.5) is 0 Å². The Morgan fingerprint density at radius 3 is 2.57 bits per heavy atom. The second kappa shape index (κ2) is 7.43. The van der Waals surface area contributed by atoms with E-state index in [4.69, 9.17) is 4.74 Å². The van der Waals surface area contributed by atoms with Crippen LogP contribution < -0.4 is 0 Å². The van der Waals surface area contributed by atoms with Gasteiger partial charge in [-0.25, -0.2) is 0 Å². The SMILES string of the molecule is COC(=O)CC[C@@H](C)[C@H]1CC[C@H]2[C@@H]3CC(=O)[C@@H]4CCCC[C@]4(C)[C@H]3CC[C@]12C. The molecule has 3 nitrogen and oxygen atoms in total. The summed E-state index contributed by atoms with van der Waals surface area (Å²) < 4.78 is 4.86. The molecule has 3 heteroatoms. The molecule has 4 fully saturated rings. The highest BCUT2D eigenvalue weighted by Crippen LogP contribution is 2.67. The van der Waals surface area contributed by atoms with E-state index in [2.05, 4.69) is 20.8 Å². The van der Waals surface area contributed by atoms with Crippen molar-refractivity contribution in [1.82, 2.24) is 0 Å². The van der Waals surface area contributed by atoms with Crippen LogP contribution >= 0.6 is 0 Å². The predicted molar refractivity (Wildman–Crippen MR) is 111 cm³/mol. The fourth-order valence-corrected chi connectivity index (χ4v) is 8.72. The van der Waals surface area contributed by atoms with Gasteiger partial charge in [0, 0.05) is 18.8 Å². The van der Waals surface area contributed by atoms with Gasteiger partial charge < -0.3 is 4.74 Å². The number of hydrogen-bond donors (Lipinski definition) is 0. The summed E-state index contributed by atoms with van der Waals surface area (Å²) in [6, 6.07) is 0. The number of esters is 1. The molecule has 0 spiro atoms. The minimum atomic E-state index is -0.0793. The molecule has 0 aromatic heterocycles. The molecule has 8 atom stereocenters. The summed E-state index contributed by atoms with van der Waals surface area (Å²) >= 11 is 0. The van der Waals surface area contributed by atoms with Crippen LogP contribution in [-0.2, 0) is 14.3 Å². The first-order valence-corrected chi connectivity index (χ1v) is 11.9. The van der Waals surface area contributed by atoms with E-state index in [-0.39, 0.29) is 11.4 Å². The van der Waals surface area contributed by atoms with E-state index in [9.17, 15) is 9.59 Å². The van der Waals surface area contributed by atoms with Crippen LogP contribution in [0.15, 0.2) is 0 Å². The molecule has 0 unspecified atom stereocenters. The summed E-state index contributed by atoms with van der Waals surface area (Å²) in [6.45, 7) is 7.34. The minimum Gasteiger partial charge on any atom is -0.469 e. The Morgan fingerprint density at radius 1 is 1.07 bits per heavy atom. The maximum absolute atomic E-state index is 13.2. The maximum atomic E-state index is 13.2. The van der Waals surface area contributed by atoms with Gasteiger partial charge in [-0.1, -0.05) is 33.6 Å². The number of Topliss-reactive ketones (excluding diaryl/α,β-unsaturated/α-hetero) is 1. The molecule has 0 radical (unpaired) electrons. The van der Waals surface area contributed by atoms with E-state index >= 15 is 0 Å². The number of ether oxygens (including phenoxy) is 1. The number of carbonyl (C=O) groups is 2. The molecule has 4 saturated carbocycles. The topological polar surface area (TPSA) is 43.4 Å². The van der Waals surface area contributed by atoms with Crippen molar-refractivity contribution in [1.29, 1.82) is 0 Å². The summed E-state index contributed by atoms with van der Waals surface area (Å²) in [4.78, 5) is 24.8. The Morgan fingerprint density at radius 2 is 1.82 bits per heavy atom. The Bertz CT molecular complexity index is 627. The van der Waals surface area contributed by atoms with Crippen LogP contribution in [0.25, 0.3) is 0 Å². The maximum Gasteiger partial charge on any atom is 0.305 e. The number of rotatable bonds is 4. The number of ketones is 1. The van der Waals surface area contributed by atoms with Gasteiger partial charge in [0.25, 0.3) is 0 Å². The van der Waals surface area contributed by atoms with Crippen LogP contribution in [0, 0.1) is 46.3 Å². The number of fused-ring (bicyclic) bond motifs is 5. The van der Waals surface area contributed by atoms with Crippen molar-refractivity contribution in [2.75, 3.05) is 7.11 Å². The van der Waals surface area contributed by atoms with Gasteiger partial charge in [0.1, 0.15) is 5.78 Å². The lowest BCUT2D eigenvalue weighted by molar-refractivity contribution is -0.154. The highest BCUT2D eigenvalue weighted by atomic mass is 16.5. The second-order valence-electron chi connectivity index (χ2n) is 11.2. The lowest BCUT2D eigenvalue weighted by Gasteiger charge is -2.60. The van der Waals surface area contributed by atoms with E-state index in [1.54, 1.807) is 0 Å². The van der Waals surface area contributed by atoms with Crippen molar-refractivity contribution in [3.63, 3.8) is 0 Å². The fraction of sp³-hybridized carbons (Fsp3) is 0.920. The summed E-state index contributed by atoms with van der Waals surface area (Å²) in [5, 5.41) is 0. The van der Waals surface area contributed by atoms with Gasteiger partial charge in [0.05, 0.1) is 7.11 Å². The predicted octanol–water partition coefficient (Wildman–Crippen LogP) is 5.80. The Kier molecular flexibility index (Phi) is 5.42. The summed E-state index contributed by atoms with van der Waals surface area (Å²) in [6.07, 6.45) is 12.5. The number of carbonyl (C=O) groups excluding carboxylic acids is 2. The number of hydrogen-bond acceptors (Lipinski definition) is 3. The third kappa shape index (κ3) is 3.06. The molecule has 0 aromatic carbocycles. The third-order valence-corrected chi connectivity index (χ3v) is 10.2. The van der Waals surface area contributed by atoms with E-state index < -0.39 is 0 Å². The monoisotopic (exact) mass is 388 g/mol. The van der Waals surface area contributed by atoms with Crippen LogP contribution in [0.5, 0.6) is 0 Å². The Hall–Kier alpha value is -0.860. The number of methoxy groups -OCH3 is 1. The van der Waals surface area contributed by atoms with Crippen molar-refractivity contribution >= 4 is 11.8 Å². The van der Waals surface area contributed by atoms with E-state index in [1.165, 1.54) is 52.1 Å². The highest BCUT2D eigenvalue weighted by Gasteiger charge is 2.61. The zero-order valence-electron chi connectivity index (χ0n) is 18.5. The van der Waals surface area contributed by atoms with Gasteiger partial charge in [-0.3, -0.25) is 9.59 Å². The molecule has 4 rings (SSSR count). The molecule has 4 aliphatic rings. The summed E-state index contributed by atoms with van der Waals surface area (Å²) in [5.74, 6) is 4.20. The quantitative estimate of drug-likeness (QED) is 0.571. The fourth-order valence-electron chi connectivity index (χ4n) is 8.72. The van der Waals surface area contributed by atoms with Crippen LogP contribution in [0.1, 0.15) is 91.4 Å². The normalized spacial score (nSPS) is 46.3. The first-order valence-electron chi connectivity index (χ1n) is 11.9. The Balaban J connectivity index is 1.53. The molecule has 0 N–H and O–H groups in total. The Labute approximate surface area is 171 Å². The molecule has 0 aromatic rings. The molecule has 0 saturated heterocycles. The van der Waals surface area contributed by atoms with Crippen LogP contribution in [0.2, 0.25) is 0 Å². The molecule has 0 bridgehead atoms. The average molecular weight is 389 g/mol. The van der Waals surface area contributed by atoms with E-state index in [0.29, 0.717) is 47.2 Å². The molecular formula is C25H40O3. The second-order valence-corrected chi connectivity index (χ2v) is 11.2. The molecule has 28 heavy (non-hydrogen) atoms. The van der Waals surface area contributed by atoms with Crippen molar-refractivity contribution in [2.24, 2.45) is 46.3 Å². The largest absolute Gasteiger partial charge is 0.469 e. The van der Waals surface area contributed by atoms with E-state index in [1.807, 2.05) is 0 Å². The highest BCUT2D eigenvalue weighted by molar-refractivity contribution is 5.83. The van der Waals surface area contributed by atoms with Crippen molar-refractivity contribution in [3.05, 3.63) is 0 Å². The van der Waals surface area contributed by atoms with Crippen molar-refractivity contribution in [2.45, 2.75) is 91.4 Å². The molecule has 158 valence electrons. The van der Waals surface area contributed by atoms with Crippen LogP contribution in [-0.4, -0.2) is 18.9 Å². The summed E-state index contributed by atoms with van der Waals surface area (Å²) in [7, 11) is 1.49. The molecular weight excluding hydrogens is 348 g/mol. The molecule has 0 amide bonds. The first-order chi connectivity index (χ1) is 13.3. The zero-order valence-corrected chi connectivity index (χ0v) is 18.5. The molecule has 4 aliphatic carbocycles. The third-order valence-electron chi connectivity index (χ3n) is 10.2. The summed E-state index contributed by atoms with van der Waals surface area (Å²) in [5.41, 5.74) is 0.628. The lowest BCUT2D eigenvalue weighted by Crippen LogP contribution is -2.56. The van der Waals surface area contributed by atoms with Gasteiger partial charge >= 0.3 is 5.97 Å². The zero-order chi connectivity index (χ0) is 20.1. The standard InChI is InChI=1S/C25H40O3/c1-16(8-11-23(27)28-4)18-9-10-19-17-15-22(26)21-7-5-6-13-24(21,2)20(17)12-14-25(18,19)3/h16-21H,5-15H2,1-4H3/t16-,17+,18-,19+,20+,21+,24-,25-/m1/s1. The van der Waals surface area contributed by atoms with Gasteiger partial charge in [-0.15, -0.1) is 0 Å². The van der Waals surface area contributed by atoms with Gasteiger partial charge in [0.2, 0.25) is 0 Å². The molecule has 0 heterocycles. The van der Waals surface area contributed by atoms with Crippen molar-refractivity contribution < 1.29 is 14.3 Å².